The van der Waals surface area contributed by atoms with Crippen LogP contribution in [0.5, 0.6) is 0 Å². The second-order valence-electron chi connectivity index (χ2n) is 6.02. The van der Waals surface area contributed by atoms with Crippen LogP contribution in [-0.4, -0.2) is 41.1 Å². The Kier molecular flexibility index (Phi) is 5.13. The van der Waals surface area contributed by atoms with Crippen LogP contribution < -0.4 is 4.90 Å². The number of rotatable bonds is 5. The van der Waals surface area contributed by atoms with Gasteiger partial charge in [0.05, 0.1) is 11.0 Å². The first-order valence-electron chi connectivity index (χ1n) is 8.02. The highest BCUT2D eigenvalue weighted by atomic mass is 32.1. The van der Waals surface area contributed by atoms with Crippen molar-refractivity contribution in [1.29, 1.82) is 0 Å². The maximum atomic E-state index is 11.3. The highest BCUT2D eigenvalue weighted by molar-refractivity contribution is 7.16. The van der Waals surface area contributed by atoms with Crippen LogP contribution in [0.25, 0.3) is 0 Å². The molecule has 0 amide bonds. The molecule has 0 aliphatic carbocycles. The fourth-order valence-electron chi connectivity index (χ4n) is 2.90. The molecule has 1 aromatic heterocycles. The fraction of sp³-hybridized carbons (Fsp3) is 0.412. The van der Waals surface area contributed by atoms with Crippen molar-refractivity contribution < 1.29 is 10.0 Å². The van der Waals surface area contributed by atoms with E-state index in [1.807, 2.05) is 18.2 Å². The molecule has 1 aliphatic rings. The fourth-order valence-corrected chi connectivity index (χ4v) is 4.02. The Bertz CT molecular complexity index is 694. The largest absolute Gasteiger partial charge is 0.388 e. The Morgan fingerprint density at radius 2 is 1.92 bits per heavy atom. The minimum atomic E-state index is -0.679. The standard InChI is InChI=1S/C17H21N3O3S/c1-13(21)16-11-15(20(22)23)17(24-16)19-9-7-18(8-10-19)12-14-5-3-2-4-6-14/h2-6,11,13,21H,7-10,12H2,1H3. The first-order valence-corrected chi connectivity index (χ1v) is 8.83. The highest BCUT2D eigenvalue weighted by Crippen LogP contribution is 2.40. The zero-order chi connectivity index (χ0) is 17.1. The van der Waals surface area contributed by atoms with Crippen molar-refractivity contribution in [2.75, 3.05) is 31.1 Å². The van der Waals surface area contributed by atoms with E-state index in [0.29, 0.717) is 9.88 Å². The average Bonchev–Trinajstić information content (AvgIpc) is 3.02. The molecule has 0 spiro atoms. The van der Waals surface area contributed by atoms with E-state index >= 15 is 0 Å². The van der Waals surface area contributed by atoms with Crippen LogP contribution >= 0.6 is 11.3 Å². The third-order valence-electron chi connectivity index (χ3n) is 4.23. The van der Waals surface area contributed by atoms with E-state index in [9.17, 15) is 15.2 Å². The van der Waals surface area contributed by atoms with Crippen molar-refractivity contribution in [3.8, 4) is 0 Å². The Labute approximate surface area is 145 Å². The predicted octanol–water partition coefficient (Wildman–Crippen LogP) is 3.03. The van der Waals surface area contributed by atoms with Gasteiger partial charge in [-0.1, -0.05) is 30.3 Å². The number of benzene rings is 1. The molecular weight excluding hydrogens is 326 g/mol. The lowest BCUT2D eigenvalue weighted by Crippen LogP contribution is -2.45. The van der Waals surface area contributed by atoms with E-state index in [-0.39, 0.29) is 10.6 Å². The number of hydrogen-bond donors (Lipinski definition) is 1. The third kappa shape index (κ3) is 3.75. The molecule has 1 unspecified atom stereocenters. The lowest BCUT2D eigenvalue weighted by atomic mass is 10.2. The topological polar surface area (TPSA) is 69.8 Å². The summed E-state index contributed by atoms with van der Waals surface area (Å²) in [6.07, 6.45) is -0.679. The summed E-state index contributed by atoms with van der Waals surface area (Å²) in [4.78, 5) is 16.0. The van der Waals surface area contributed by atoms with Crippen molar-refractivity contribution in [1.82, 2.24) is 4.90 Å². The van der Waals surface area contributed by atoms with Gasteiger partial charge in [0.1, 0.15) is 0 Å². The molecule has 128 valence electrons. The summed E-state index contributed by atoms with van der Waals surface area (Å²) in [5, 5.41) is 21.7. The number of thiophene rings is 1. The number of nitrogens with zero attached hydrogens (tertiary/aromatic N) is 3. The normalized spacial score (nSPS) is 17.0. The van der Waals surface area contributed by atoms with E-state index in [0.717, 1.165) is 32.7 Å². The molecule has 1 fully saturated rings. The van der Waals surface area contributed by atoms with Gasteiger partial charge in [-0.3, -0.25) is 15.0 Å². The summed E-state index contributed by atoms with van der Waals surface area (Å²) in [6, 6.07) is 11.8. The van der Waals surface area contributed by atoms with Crippen LogP contribution in [0.3, 0.4) is 0 Å². The molecule has 24 heavy (non-hydrogen) atoms. The molecule has 7 heteroatoms. The second kappa shape index (κ2) is 7.29. The molecule has 1 aromatic carbocycles. The van der Waals surface area contributed by atoms with Gasteiger partial charge >= 0.3 is 5.69 Å². The van der Waals surface area contributed by atoms with Crippen molar-refractivity contribution in [3.63, 3.8) is 0 Å². The zero-order valence-corrected chi connectivity index (χ0v) is 14.4. The molecule has 1 atom stereocenters. The van der Waals surface area contributed by atoms with Gasteiger partial charge in [0.25, 0.3) is 0 Å². The monoisotopic (exact) mass is 347 g/mol. The van der Waals surface area contributed by atoms with Gasteiger partial charge in [0, 0.05) is 43.7 Å². The van der Waals surface area contributed by atoms with Crippen molar-refractivity contribution in [2.24, 2.45) is 0 Å². The van der Waals surface area contributed by atoms with Gasteiger partial charge in [-0.05, 0) is 12.5 Å². The predicted molar refractivity (Wildman–Crippen MR) is 95.5 cm³/mol. The highest BCUT2D eigenvalue weighted by Gasteiger charge is 2.27. The summed E-state index contributed by atoms with van der Waals surface area (Å²) >= 11 is 1.32. The number of anilines is 1. The van der Waals surface area contributed by atoms with Gasteiger partial charge < -0.3 is 10.0 Å². The molecule has 1 saturated heterocycles. The number of aliphatic hydroxyl groups is 1. The van der Waals surface area contributed by atoms with Gasteiger partial charge in [0.2, 0.25) is 0 Å². The Morgan fingerprint density at radius 3 is 2.50 bits per heavy atom. The molecule has 2 aromatic rings. The molecular formula is C17H21N3O3S. The maximum Gasteiger partial charge on any atom is 0.304 e. The number of aliphatic hydroxyl groups excluding tert-OH is 1. The molecule has 0 saturated carbocycles. The van der Waals surface area contributed by atoms with E-state index in [2.05, 4.69) is 21.9 Å². The number of hydrogen-bond acceptors (Lipinski definition) is 6. The molecule has 2 heterocycles. The van der Waals surface area contributed by atoms with Crippen molar-refractivity contribution in [2.45, 2.75) is 19.6 Å². The van der Waals surface area contributed by atoms with Crippen LogP contribution in [0, 0.1) is 10.1 Å². The SMILES string of the molecule is CC(O)c1cc([N+](=O)[O-])c(N2CCN(Cc3ccccc3)CC2)s1. The first-order chi connectivity index (χ1) is 11.5. The van der Waals surface area contributed by atoms with Crippen LogP contribution in [-0.2, 0) is 6.54 Å². The first kappa shape index (κ1) is 16.9. The van der Waals surface area contributed by atoms with Crippen LogP contribution in [0.15, 0.2) is 36.4 Å². The van der Waals surface area contributed by atoms with Crippen molar-refractivity contribution >= 4 is 22.0 Å². The van der Waals surface area contributed by atoms with E-state index in [1.165, 1.54) is 23.0 Å². The minimum Gasteiger partial charge on any atom is -0.388 e. The summed E-state index contributed by atoms with van der Waals surface area (Å²) < 4.78 is 0. The molecule has 6 nitrogen and oxygen atoms in total. The lowest BCUT2D eigenvalue weighted by Gasteiger charge is -2.35. The summed E-state index contributed by atoms with van der Waals surface area (Å²) in [6.45, 7) is 5.79. The summed E-state index contributed by atoms with van der Waals surface area (Å²) in [7, 11) is 0. The van der Waals surface area contributed by atoms with E-state index < -0.39 is 6.10 Å². The second-order valence-corrected chi connectivity index (χ2v) is 7.08. The number of piperazine rings is 1. The molecule has 0 bridgehead atoms. The van der Waals surface area contributed by atoms with Crippen LogP contribution in [0.4, 0.5) is 10.7 Å². The van der Waals surface area contributed by atoms with Crippen molar-refractivity contribution in [3.05, 3.63) is 57.0 Å². The van der Waals surface area contributed by atoms with Crippen LogP contribution in [0.2, 0.25) is 0 Å². The Balaban J connectivity index is 1.67. The smallest absolute Gasteiger partial charge is 0.304 e. The van der Waals surface area contributed by atoms with Gasteiger partial charge in [-0.25, -0.2) is 0 Å². The van der Waals surface area contributed by atoms with E-state index in [1.54, 1.807) is 6.92 Å². The molecule has 1 N–H and O–H groups in total. The number of nitro groups is 1. The third-order valence-corrected chi connectivity index (χ3v) is 5.58. The molecule has 3 rings (SSSR count). The molecule has 0 radical (unpaired) electrons. The Morgan fingerprint density at radius 1 is 1.25 bits per heavy atom. The maximum absolute atomic E-state index is 11.3. The summed E-state index contributed by atoms with van der Waals surface area (Å²) in [5.41, 5.74) is 1.39. The van der Waals surface area contributed by atoms with Gasteiger partial charge in [0.15, 0.2) is 5.00 Å². The Hall–Kier alpha value is -1.96. The molecule has 1 aliphatic heterocycles. The summed E-state index contributed by atoms with van der Waals surface area (Å²) in [5.74, 6) is 0. The van der Waals surface area contributed by atoms with Crippen LogP contribution in [0.1, 0.15) is 23.5 Å². The average molecular weight is 347 g/mol. The van der Waals surface area contributed by atoms with Gasteiger partial charge in [-0.15, -0.1) is 11.3 Å². The zero-order valence-electron chi connectivity index (χ0n) is 13.6. The minimum absolute atomic E-state index is 0.104. The quantitative estimate of drug-likeness (QED) is 0.665. The van der Waals surface area contributed by atoms with E-state index in [4.69, 9.17) is 0 Å². The van der Waals surface area contributed by atoms with Gasteiger partial charge in [-0.2, -0.15) is 0 Å². The lowest BCUT2D eigenvalue weighted by molar-refractivity contribution is -0.383.